The van der Waals surface area contributed by atoms with Crippen molar-refractivity contribution in [3.05, 3.63) is 27.3 Å². The number of nitrogens with zero attached hydrogens (tertiary/aromatic N) is 3. The molecule has 0 N–H and O–H groups in total. The molecule has 1 aliphatic carbocycles. The average Bonchev–Trinajstić information content (AvgIpc) is 3.01. The zero-order valence-corrected chi connectivity index (χ0v) is 11.1. The van der Waals surface area contributed by atoms with Crippen LogP contribution in [0.5, 0.6) is 0 Å². The first-order chi connectivity index (χ1) is 8.39. The molecule has 0 saturated heterocycles. The van der Waals surface area contributed by atoms with Crippen molar-refractivity contribution < 1.29 is 13.2 Å². The van der Waals surface area contributed by atoms with E-state index in [0.29, 0.717) is 4.47 Å². The second-order valence-corrected chi connectivity index (χ2v) is 5.34. The molecule has 8 heteroatoms. The first-order valence-electron chi connectivity index (χ1n) is 5.19. The van der Waals surface area contributed by atoms with Gasteiger partial charge in [0.2, 0.25) is 5.28 Å². The highest BCUT2D eigenvalue weighted by Gasteiger charge is 2.43. The van der Waals surface area contributed by atoms with E-state index in [2.05, 4.69) is 25.9 Å². The van der Waals surface area contributed by atoms with Crippen LogP contribution < -0.4 is 0 Å². The molecule has 2 heterocycles. The van der Waals surface area contributed by atoms with Gasteiger partial charge in [-0.15, -0.1) is 0 Å². The molecule has 1 aliphatic rings. The lowest BCUT2D eigenvalue weighted by Gasteiger charge is -2.07. The number of imidazole rings is 1. The van der Waals surface area contributed by atoms with Crippen LogP contribution in [0.4, 0.5) is 13.2 Å². The fourth-order valence-corrected chi connectivity index (χ4v) is 2.54. The minimum absolute atomic E-state index is 0.00176. The average molecular weight is 341 g/mol. The van der Waals surface area contributed by atoms with Crippen molar-refractivity contribution >= 4 is 33.2 Å². The molecule has 18 heavy (non-hydrogen) atoms. The maximum absolute atomic E-state index is 13.0. The summed E-state index contributed by atoms with van der Waals surface area (Å²) in [6.07, 6.45) is -1.69. The maximum atomic E-state index is 13.0. The third kappa shape index (κ3) is 1.80. The van der Waals surface area contributed by atoms with Crippen molar-refractivity contribution in [2.24, 2.45) is 0 Å². The van der Waals surface area contributed by atoms with Crippen molar-refractivity contribution in [3.8, 4) is 0 Å². The third-order valence-corrected chi connectivity index (χ3v) is 3.65. The first kappa shape index (κ1) is 12.2. The quantitative estimate of drug-likeness (QED) is 0.733. The van der Waals surface area contributed by atoms with E-state index < -0.39 is 11.9 Å². The molecule has 2 aromatic rings. The van der Waals surface area contributed by atoms with Crippen molar-refractivity contribution in [1.82, 2.24) is 14.4 Å². The minimum Gasteiger partial charge on any atom is -0.270 e. The highest BCUT2D eigenvalue weighted by atomic mass is 79.9. The molecule has 96 valence electrons. The van der Waals surface area contributed by atoms with Crippen LogP contribution in [0.2, 0.25) is 5.28 Å². The summed E-state index contributed by atoms with van der Waals surface area (Å²) in [5, 5.41) is -0.00176. The number of rotatable bonds is 1. The molecule has 3 rings (SSSR count). The van der Waals surface area contributed by atoms with Gasteiger partial charge in [0, 0.05) is 12.1 Å². The van der Waals surface area contributed by atoms with Crippen LogP contribution >= 0.6 is 27.5 Å². The van der Waals surface area contributed by atoms with E-state index in [0.717, 1.165) is 12.8 Å². The van der Waals surface area contributed by atoms with Crippen molar-refractivity contribution in [1.29, 1.82) is 0 Å². The Morgan fingerprint density at radius 1 is 1.39 bits per heavy atom. The molecular formula is C10H6BrClF3N3. The van der Waals surface area contributed by atoms with Gasteiger partial charge in [-0.25, -0.2) is 9.97 Å². The Hall–Kier alpha value is -0.820. The highest BCUT2D eigenvalue weighted by molar-refractivity contribution is 9.10. The smallest absolute Gasteiger partial charge is 0.270 e. The van der Waals surface area contributed by atoms with E-state index >= 15 is 0 Å². The summed E-state index contributed by atoms with van der Waals surface area (Å²) in [5.74, 6) is -0.134. The molecule has 0 radical (unpaired) electrons. The second-order valence-electron chi connectivity index (χ2n) is 4.15. The Kier molecular flexibility index (Phi) is 2.60. The fourth-order valence-electron chi connectivity index (χ4n) is 1.95. The van der Waals surface area contributed by atoms with E-state index in [9.17, 15) is 13.2 Å². The summed E-state index contributed by atoms with van der Waals surface area (Å²) in [6, 6.07) is 0. The summed E-state index contributed by atoms with van der Waals surface area (Å²) in [4.78, 5) is 7.52. The number of hydrogen-bond acceptors (Lipinski definition) is 2. The molecule has 0 spiro atoms. The molecule has 1 saturated carbocycles. The lowest BCUT2D eigenvalue weighted by molar-refractivity contribution is -0.141. The monoisotopic (exact) mass is 339 g/mol. The van der Waals surface area contributed by atoms with E-state index in [1.165, 1.54) is 10.6 Å². The largest absolute Gasteiger partial charge is 0.435 e. The van der Waals surface area contributed by atoms with Gasteiger partial charge in [-0.1, -0.05) is 0 Å². The molecule has 1 fully saturated rings. The standard InChI is InChI=1S/C10H6BrClF3N3/c11-5-3-16-9(12)18-6(4-1-2-4)7(10(13,14)15)17-8(5)18/h3-4H,1-2H2. The van der Waals surface area contributed by atoms with Gasteiger partial charge in [-0.2, -0.15) is 13.2 Å². The molecule has 3 nitrogen and oxygen atoms in total. The van der Waals surface area contributed by atoms with Gasteiger partial charge < -0.3 is 0 Å². The van der Waals surface area contributed by atoms with Gasteiger partial charge in [0.25, 0.3) is 0 Å². The predicted molar refractivity (Wildman–Crippen MR) is 62.7 cm³/mol. The van der Waals surface area contributed by atoms with Crippen molar-refractivity contribution in [2.45, 2.75) is 24.9 Å². The topological polar surface area (TPSA) is 30.2 Å². The normalized spacial score (nSPS) is 16.5. The number of alkyl halides is 3. The second kappa shape index (κ2) is 3.84. The highest BCUT2D eigenvalue weighted by Crippen LogP contribution is 2.46. The van der Waals surface area contributed by atoms with E-state index in [-0.39, 0.29) is 22.5 Å². The lowest BCUT2D eigenvalue weighted by atomic mass is 10.2. The van der Waals surface area contributed by atoms with Crippen LogP contribution in [0.1, 0.15) is 30.1 Å². The lowest BCUT2D eigenvalue weighted by Crippen LogP contribution is -2.09. The number of aromatic nitrogens is 3. The number of hydrogen-bond donors (Lipinski definition) is 0. The summed E-state index contributed by atoms with van der Waals surface area (Å²) in [7, 11) is 0. The van der Waals surface area contributed by atoms with Crippen molar-refractivity contribution in [3.63, 3.8) is 0 Å². The summed E-state index contributed by atoms with van der Waals surface area (Å²) >= 11 is 9.04. The molecule has 0 aromatic carbocycles. The third-order valence-electron chi connectivity index (χ3n) is 2.83. The number of fused-ring (bicyclic) bond motifs is 1. The molecular weight excluding hydrogens is 334 g/mol. The van der Waals surface area contributed by atoms with Gasteiger partial charge in [-0.05, 0) is 40.4 Å². The molecule has 0 amide bonds. The van der Waals surface area contributed by atoms with Gasteiger partial charge in [0.15, 0.2) is 11.3 Å². The van der Waals surface area contributed by atoms with Gasteiger partial charge >= 0.3 is 6.18 Å². The van der Waals surface area contributed by atoms with Gasteiger partial charge in [-0.3, -0.25) is 4.40 Å². The summed E-state index contributed by atoms with van der Waals surface area (Å²) < 4.78 is 40.6. The molecule has 0 unspecified atom stereocenters. The molecule has 0 aliphatic heterocycles. The van der Waals surface area contributed by atoms with Gasteiger partial charge in [0.05, 0.1) is 10.2 Å². The Bertz CT molecular complexity index is 633. The fraction of sp³-hybridized carbons (Fsp3) is 0.400. The zero-order chi connectivity index (χ0) is 13.1. The van der Waals surface area contributed by atoms with Crippen LogP contribution in [0.15, 0.2) is 10.7 Å². The molecule has 0 atom stereocenters. The van der Waals surface area contributed by atoms with E-state index in [1.807, 2.05) is 0 Å². The van der Waals surface area contributed by atoms with Crippen molar-refractivity contribution in [2.75, 3.05) is 0 Å². The molecule has 2 aromatic heterocycles. The Labute approximate surface area is 113 Å². The minimum atomic E-state index is -4.48. The van der Waals surface area contributed by atoms with Crippen LogP contribution in [0, 0.1) is 0 Å². The Morgan fingerprint density at radius 3 is 2.61 bits per heavy atom. The van der Waals surface area contributed by atoms with Crippen LogP contribution in [-0.4, -0.2) is 14.4 Å². The van der Waals surface area contributed by atoms with Crippen LogP contribution in [0.3, 0.4) is 0 Å². The number of halogens is 5. The maximum Gasteiger partial charge on any atom is 0.435 e. The van der Waals surface area contributed by atoms with Crippen LogP contribution in [0.25, 0.3) is 5.65 Å². The first-order valence-corrected chi connectivity index (χ1v) is 6.36. The zero-order valence-electron chi connectivity index (χ0n) is 8.80. The Balaban J connectivity index is 2.40. The Morgan fingerprint density at radius 2 is 2.06 bits per heavy atom. The SMILES string of the molecule is FC(F)(F)c1nc2c(Br)cnc(Cl)n2c1C1CC1. The van der Waals surface area contributed by atoms with E-state index in [1.54, 1.807) is 0 Å². The predicted octanol–water partition coefficient (Wildman–Crippen LogP) is 4.04. The van der Waals surface area contributed by atoms with Crippen LogP contribution in [-0.2, 0) is 6.18 Å². The van der Waals surface area contributed by atoms with Gasteiger partial charge in [0.1, 0.15) is 0 Å². The molecule has 0 bridgehead atoms. The summed E-state index contributed by atoms with van der Waals surface area (Å²) in [5.41, 5.74) is -0.582. The van der Waals surface area contributed by atoms with E-state index in [4.69, 9.17) is 11.6 Å². The summed E-state index contributed by atoms with van der Waals surface area (Å²) in [6.45, 7) is 0.